The quantitative estimate of drug-likeness (QED) is 0.632. The summed E-state index contributed by atoms with van der Waals surface area (Å²) in [6, 6.07) is 5.97. The van der Waals surface area contributed by atoms with Crippen LogP contribution < -0.4 is 5.32 Å². The maximum absolute atomic E-state index is 9.93. The van der Waals surface area contributed by atoms with Gasteiger partial charge in [0, 0.05) is 40.7 Å². The Kier molecular flexibility index (Phi) is 4.61. The van der Waals surface area contributed by atoms with Gasteiger partial charge in [0.25, 0.3) is 0 Å². The van der Waals surface area contributed by atoms with E-state index in [1.54, 1.807) is 6.07 Å². The molecule has 0 aliphatic rings. The van der Waals surface area contributed by atoms with Crippen LogP contribution in [0.25, 0.3) is 21.8 Å². The number of hydrogen-bond acceptors (Lipinski definition) is 4. The van der Waals surface area contributed by atoms with Gasteiger partial charge in [-0.15, -0.1) is 0 Å². The second-order valence-corrected chi connectivity index (χ2v) is 6.98. The molecular formula is C16H18BrN3OS. The van der Waals surface area contributed by atoms with Crippen molar-refractivity contribution in [1.29, 1.82) is 0 Å². The van der Waals surface area contributed by atoms with Crippen molar-refractivity contribution >= 4 is 49.5 Å². The summed E-state index contributed by atoms with van der Waals surface area (Å²) in [6.45, 7) is 0. The molecule has 6 heteroatoms. The third-order valence-corrected chi connectivity index (χ3v) is 5.43. The Morgan fingerprint density at radius 1 is 1.41 bits per heavy atom. The summed E-state index contributed by atoms with van der Waals surface area (Å²) in [5, 5.41) is 15.4. The fourth-order valence-electron chi connectivity index (χ4n) is 2.75. The minimum atomic E-state index is 0.252. The molecule has 1 atom stereocenters. The lowest BCUT2D eigenvalue weighted by molar-refractivity contribution is 0.473. The lowest BCUT2D eigenvalue weighted by Gasteiger charge is -2.14. The summed E-state index contributed by atoms with van der Waals surface area (Å²) in [5.41, 5.74) is 3.10. The summed E-state index contributed by atoms with van der Waals surface area (Å²) in [7, 11) is 1.99. The highest BCUT2D eigenvalue weighted by atomic mass is 79.9. The number of pyridine rings is 1. The summed E-state index contributed by atoms with van der Waals surface area (Å²) >= 11 is 5.32. The topological polar surface area (TPSA) is 60.9 Å². The fraction of sp³-hybridized carbons (Fsp3) is 0.312. The molecule has 22 heavy (non-hydrogen) atoms. The van der Waals surface area contributed by atoms with Crippen LogP contribution in [0.5, 0.6) is 5.75 Å². The number of phenolic OH excluding ortho intramolecular Hbond substituents is 1. The molecule has 0 bridgehead atoms. The average molecular weight is 380 g/mol. The molecule has 4 nitrogen and oxygen atoms in total. The zero-order valence-corrected chi connectivity index (χ0v) is 14.9. The van der Waals surface area contributed by atoms with Crippen LogP contribution >= 0.6 is 27.7 Å². The molecule has 2 heterocycles. The number of H-pyrrole nitrogens is 1. The second-order valence-electron chi connectivity index (χ2n) is 5.27. The fourth-order valence-corrected chi connectivity index (χ4v) is 4.00. The molecule has 0 radical (unpaired) electrons. The van der Waals surface area contributed by atoms with Gasteiger partial charge in [0.15, 0.2) is 0 Å². The van der Waals surface area contributed by atoms with E-state index < -0.39 is 0 Å². The van der Waals surface area contributed by atoms with E-state index in [1.807, 2.05) is 37.1 Å². The molecular weight excluding hydrogens is 362 g/mol. The van der Waals surface area contributed by atoms with Crippen LogP contribution in [0.1, 0.15) is 5.69 Å². The molecule has 2 aromatic heterocycles. The Morgan fingerprint density at radius 2 is 2.23 bits per heavy atom. The van der Waals surface area contributed by atoms with Crippen LogP contribution in [0.3, 0.4) is 0 Å². The number of aromatic amines is 1. The number of thioether (sulfide) groups is 1. The Bertz CT molecular complexity index is 818. The van der Waals surface area contributed by atoms with E-state index >= 15 is 0 Å². The molecule has 0 spiro atoms. The van der Waals surface area contributed by atoms with Crippen molar-refractivity contribution in [2.75, 3.05) is 19.1 Å². The zero-order chi connectivity index (χ0) is 15.7. The summed E-state index contributed by atoms with van der Waals surface area (Å²) in [5.74, 6) is 1.29. The predicted octanol–water partition coefficient (Wildman–Crippen LogP) is 3.68. The zero-order valence-electron chi connectivity index (χ0n) is 12.5. The van der Waals surface area contributed by atoms with Gasteiger partial charge in [-0.1, -0.05) is 0 Å². The van der Waals surface area contributed by atoms with E-state index in [4.69, 9.17) is 0 Å². The number of likely N-dealkylation sites (N-methyl/N-ethyl adjacent to an activating group) is 1. The van der Waals surface area contributed by atoms with Crippen LogP contribution in [0.15, 0.2) is 28.9 Å². The van der Waals surface area contributed by atoms with Gasteiger partial charge in [0.1, 0.15) is 5.75 Å². The molecule has 0 saturated heterocycles. The molecule has 116 valence electrons. The number of aromatic hydroxyl groups is 1. The smallest absolute Gasteiger partial charge is 0.130 e. The lowest BCUT2D eigenvalue weighted by atomic mass is 10.1. The third-order valence-electron chi connectivity index (χ3n) is 3.90. The molecule has 0 aliphatic carbocycles. The Morgan fingerprint density at radius 3 is 2.95 bits per heavy atom. The van der Waals surface area contributed by atoms with Crippen LogP contribution in [0, 0.1) is 0 Å². The van der Waals surface area contributed by atoms with Crippen LogP contribution in [0.2, 0.25) is 0 Å². The monoisotopic (exact) mass is 379 g/mol. The maximum atomic E-state index is 9.93. The minimum absolute atomic E-state index is 0.252. The van der Waals surface area contributed by atoms with Gasteiger partial charge in [-0.25, -0.2) is 0 Å². The molecule has 1 aromatic carbocycles. The van der Waals surface area contributed by atoms with E-state index in [0.717, 1.165) is 44.1 Å². The van der Waals surface area contributed by atoms with Crippen molar-refractivity contribution in [3.63, 3.8) is 0 Å². The first-order valence-corrected chi connectivity index (χ1v) is 9.27. The Balaban J connectivity index is 2.15. The normalized spacial score (nSPS) is 13.0. The van der Waals surface area contributed by atoms with Crippen molar-refractivity contribution in [1.82, 2.24) is 15.3 Å². The number of halogens is 1. The van der Waals surface area contributed by atoms with Gasteiger partial charge in [-0.05, 0) is 47.4 Å². The van der Waals surface area contributed by atoms with E-state index in [1.165, 1.54) is 0 Å². The molecule has 0 saturated carbocycles. The molecule has 1 unspecified atom stereocenters. The highest BCUT2D eigenvalue weighted by Gasteiger charge is 2.16. The van der Waals surface area contributed by atoms with Gasteiger partial charge in [-0.3, -0.25) is 4.98 Å². The molecule has 0 aliphatic heterocycles. The van der Waals surface area contributed by atoms with Crippen molar-refractivity contribution < 1.29 is 5.11 Å². The number of benzene rings is 1. The molecule has 3 rings (SSSR count). The maximum Gasteiger partial charge on any atom is 0.130 e. The Labute approximate surface area is 141 Å². The number of fused-ring (bicyclic) bond motifs is 3. The predicted molar refractivity (Wildman–Crippen MR) is 97.9 cm³/mol. The average Bonchev–Trinajstić information content (AvgIpc) is 2.90. The number of nitrogens with one attached hydrogen (secondary N) is 2. The number of nitrogens with zero attached hydrogens (tertiary/aromatic N) is 1. The van der Waals surface area contributed by atoms with E-state index in [9.17, 15) is 5.11 Å². The lowest BCUT2D eigenvalue weighted by Crippen LogP contribution is -2.30. The van der Waals surface area contributed by atoms with Crippen molar-refractivity contribution in [3.05, 3.63) is 34.6 Å². The largest absolute Gasteiger partial charge is 0.507 e. The van der Waals surface area contributed by atoms with Crippen LogP contribution in [-0.4, -0.2) is 40.2 Å². The third kappa shape index (κ3) is 2.71. The van der Waals surface area contributed by atoms with Crippen molar-refractivity contribution in [2.45, 2.75) is 12.5 Å². The molecule has 3 aromatic rings. The van der Waals surface area contributed by atoms with E-state index in [-0.39, 0.29) is 5.75 Å². The SMILES string of the molecule is CNC(CSC)Cc1nccc2c1[nH]c1ccc(O)c(Br)c12. The number of hydrogen-bond donors (Lipinski definition) is 3. The molecule has 0 fully saturated rings. The first-order chi connectivity index (χ1) is 10.7. The first kappa shape index (κ1) is 15.6. The number of phenols is 1. The van der Waals surface area contributed by atoms with Gasteiger partial charge in [0.05, 0.1) is 15.7 Å². The minimum Gasteiger partial charge on any atom is -0.507 e. The molecule has 3 N–H and O–H groups in total. The van der Waals surface area contributed by atoms with Gasteiger partial charge in [0.2, 0.25) is 0 Å². The van der Waals surface area contributed by atoms with Crippen LogP contribution in [0.4, 0.5) is 0 Å². The second kappa shape index (κ2) is 6.48. The standard InChI is InChI=1S/C16H18BrN3OS/c1-18-9(8-22-2)7-12-16-10(5-6-19-12)14-11(20-16)3-4-13(21)15(14)17/h3-6,9,18,20-21H,7-8H2,1-2H3. The number of rotatable bonds is 5. The van der Waals surface area contributed by atoms with Crippen LogP contribution in [-0.2, 0) is 6.42 Å². The molecule has 0 amide bonds. The highest BCUT2D eigenvalue weighted by Crippen LogP contribution is 2.37. The van der Waals surface area contributed by atoms with E-state index in [0.29, 0.717) is 6.04 Å². The summed E-state index contributed by atoms with van der Waals surface area (Å²) < 4.78 is 0.725. The summed E-state index contributed by atoms with van der Waals surface area (Å²) in [4.78, 5) is 8.01. The highest BCUT2D eigenvalue weighted by molar-refractivity contribution is 9.10. The van der Waals surface area contributed by atoms with E-state index in [2.05, 4.69) is 37.5 Å². The van der Waals surface area contributed by atoms with Gasteiger partial charge in [-0.2, -0.15) is 11.8 Å². The summed E-state index contributed by atoms with van der Waals surface area (Å²) in [6.07, 6.45) is 4.82. The van der Waals surface area contributed by atoms with Gasteiger partial charge >= 0.3 is 0 Å². The van der Waals surface area contributed by atoms with Crippen molar-refractivity contribution in [2.24, 2.45) is 0 Å². The Hall–Kier alpha value is -1.24. The first-order valence-electron chi connectivity index (χ1n) is 7.08. The van der Waals surface area contributed by atoms with Crippen molar-refractivity contribution in [3.8, 4) is 5.75 Å². The number of aromatic nitrogens is 2. The van der Waals surface area contributed by atoms with Gasteiger partial charge < -0.3 is 15.4 Å².